The predicted octanol–water partition coefficient (Wildman–Crippen LogP) is 4.63. The number of carbonyl (C=O) groups is 3. The van der Waals surface area contributed by atoms with Crippen LogP contribution in [-0.2, 0) is 14.3 Å². The highest BCUT2D eigenvalue weighted by Gasteiger charge is 2.78. The first-order valence-electron chi connectivity index (χ1n) is 12.6. The number of esters is 1. The second-order valence-electron chi connectivity index (χ2n) is 11.5. The number of ketones is 1. The van der Waals surface area contributed by atoms with Crippen molar-refractivity contribution in [1.82, 2.24) is 5.16 Å². The number of aryl methyl sites for hydroxylation is 1. The Morgan fingerprint density at radius 2 is 2.00 bits per heavy atom. The Morgan fingerprint density at radius 1 is 1.29 bits per heavy atom. The van der Waals surface area contributed by atoms with Crippen LogP contribution in [0.25, 0.3) is 0 Å². The number of ether oxygens (including phenoxy) is 1. The molecule has 4 aliphatic carbocycles. The Balaban J connectivity index is 1.64. The van der Waals surface area contributed by atoms with Gasteiger partial charge in [0.1, 0.15) is 23.5 Å². The zero-order chi connectivity index (χ0) is 27.8. The van der Waals surface area contributed by atoms with Crippen LogP contribution < -0.4 is 0 Å². The molecule has 1 N–H and O–H groups in total. The Labute approximate surface area is 222 Å². The predicted molar refractivity (Wildman–Crippen MR) is 131 cm³/mol. The van der Waals surface area contributed by atoms with Crippen molar-refractivity contribution in [2.45, 2.75) is 70.5 Å². The van der Waals surface area contributed by atoms with Crippen LogP contribution in [0.5, 0.6) is 0 Å². The number of alkyl halides is 3. The summed E-state index contributed by atoms with van der Waals surface area (Å²) in [7, 11) is 0. The van der Waals surface area contributed by atoms with Crippen LogP contribution in [0.1, 0.15) is 56.2 Å². The molecule has 0 aromatic carbocycles. The monoisotopic (exact) mass is 553 g/mol. The number of fused-ring (bicyclic) bond motifs is 5. The number of hydrogen-bond donors (Lipinski definition) is 1. The summed E-state index contributed by atoms with van der Waals surface area (Å²) in [6.07, 6.45) is 0.990. The smallest absolute Gasteiger partial charge is 0.344 e. The Morgan fingerprint density at radius 3 is 2.63 bits per heavy atom. The van der Waals surface area contributed by atoms with Crippen molar-refractivity contribution in [3.05, 3.63) is 41.3 Å². The van der Waals surface area contributed by atoms with E-state index in [1.54, 1.807) is 13.8 Å². The molecule has 0 aliphatic heterocycles. The van der Waals surface area contributed by atoms with E-state index in [9.17, 15) is 23.9 Å². The number of rotatable bonds is 4. The standard InChI is InChI=1S/C27H30F3NO6S/c1-13-7-17-18-9-20(29)19-8-15(32)5-6-24(19,3)26(18,30)21(33)10-25(17,4)27(13,23(35)38-12-28)36-22(34)16-11-31-37-14(16)2/h5-6,8,11,13,17-18,20-21,33H,7,9-10,12H2,1-4H3/t13?,17-,18-,20?,21?,24-,25-,26?,27?/m0/s1. The van der Waals surface area contributed by atoms with Crippen molar-refractivity contribution < 1.29 is 41.9 Å². The van der Waals surface area contributed by atoms with Gasteiger partial charge < -0.3 is 14.4 Å². The minimum atomic E-state index is -2.36. The first kappa shape index (κ1) is 27.2. The summed E-state index contributed by atoms with van der Waals surface area (Å²) in [5.74, 6) is -3.67. The van der Waals surface area contributed by atoms with Crippen LogP contribution >= 0.6 is 11.8 Å². The Kier molecular flexibility index (Phi) is 6.30. The van der Waals surface area contributed by atoms with Crippen LogP contribution in [0, 0.1) is 35.5 Å². The number of thioether (sulfide) groups is 1. The third-order valence-corrected chi connectivity index (χ3v) is 10.6. The fraction of sp³-hybridized carbons (Fsp3) is 0.630. The maximum atomic E-state index is 17.4. The van der Waals surface area contributed by atoms with Gasteiger partial charge in [-0.25, -0.2) is 18.0 Å². The number of hydrogen-bond acceptors (Lipinski definition) is 8. The van der Waals surface area contributed by atoms with Crippen LogP contribution in [0.4, 0.5) is 13.2 Å². The van der Waals surface area contributed by atoms with Gasteiger partial charge in [-0.2, -0.15) is 0 Å². The maximum absolute atomic E-state index is 17.4. The zero-order valence-corrected chi connectivity index (χ0v) is 22.3. The third kappa shape index (κ3) is 3.26. The van der Waals surface area contributed by atoms with Crippen LogP contribution in [0.3, 0.4) is 0 Å². The molecule has 5 rings (SSSR count). The fourth-order valence-corrected chi connectivity index (χ4v) is 8.86. The SMILES string of the molecule is Cc1oncc1C(=O)OC1(C(=O)SCF)C(C)C[C@H]2[C@@H]3CC(F)C4=CC(=O)C=C[C@]4(C)C3(F)C(O)C[C@@]21C. The van der Waals surface area contributed by atoms with E-state index in [0.29, 0.717) is 11.8 Å². The molecular formula is C27H30F3NO6S. The molecule has 1 aromatic rings. The van der Waals surface area contributed by atoms with E-state index in [2.05, 4.69) is 5.16 Å². The van der Waals surface area contributed by atoms with Crippen molar-refractivity contribution in [2.75, 3.05) is 6.01 Å². The van der Waals surface area contributed by atoms with Crippen LogP contribution in [-0.4, -0.2) is 56.7 Å². The van der Waals surface area contributed by atoms with E-state index in [1.807, 2.05) is 0 Å². The van der Waals surface area contributed by atoms with Crippen molar-refractivity contribution >= 4 is 28.6 Å². The molecule has 3 saturated carbocycles. The highest BCUT2D eigenvalue weighted by molar-refractivity contribution is 8.13. The first-order chi connectivity index (χ1) is 17.8. The van der Waals surface area contributed by atoms with Gasteiger partial charge in [0.15, 0.2) is 17.1 Å². The molecule has 38 heavy (non-hydrogen) atoms. The lowest BCUT2D eigenvalue weighted by molar-refractivity contribution is -0.221. The van der Waals surface area contributed by atoms with Gasteiger partial charge in [0.2, 0.25) is 5.12 Å². The largest absolute Gasteiger partial charge is 0.445 e. The molecule has 11 heteroatoms. The van der Waals surface area contributed by atoms with Gasteiger partial charge in [-0.15, -0.1) is 0 Å². The second-order valence-corrected chi connectivity index (χ2v) is 12.3. The number of allylic oxidation sites excluding steroid dienone is 4. The first-order valence-corrected chi connectivity index (χ1v) is 13.6. The van der Waals surface area contributed by atoms with E-state index >= 15 is 8.78 Å². The molecule has 0 bridgehead atoms. The molecule has 0 amide bonds. The quantitative estimate of drug-likeness (QED) is 0.538. The van der Waals surface area contributed by atoms with E-state index < -0.39 is 75.0 Å². The highest BCUT2D eigenvalue weighted by atomic mass is 32.2. The number of aromatic nitrogens is 1. The van der Waals surface area contributed by atoms with Gasteiger partial charge >= 0.3 is 5.97 Å². The van der Waals surface area contributed by atoms with Crippen molar-refractivity contribution in [3.63, 3.8) is 0 Å². The Hall–Kier alpha value is -2.40. The lowest BCUT2D eigenvalue weighted by atomic mass is 9.44. The van der Waals surface area contributed by atoms with Crippen LogP contribution in [0.15, 0.2) is 34.5 Å². The second kappa shape index (κ2) is 8.81. The lowest BCUT2D eigenvalue weighted by Gasteiger charge is -2.63. The molecular weight excluding hydrogens is 523 g/mol. The average Bonchev–Trinajstić information content (AvgIpc) is 3.37. The minimum absolute atomic E-state index is 0.0119. The summed E-state index contributed by atoms with van der Waals surface area (Å²) >= 11 is 0.348. The molecule has 0 radical (unpaired) electrons. The van der Waals surface area contributed by atoms with E-state index in [4.69, 9.17) is 9.26 Å². The molecule has 9 atom stereocenters. The fourth-order valence-electron chi connectivity index (χ4n) is 8.07. The molecule has 206 valence electrons. The van der Waals surface area contributed by atoms with Gasteiger partial charge in [-0.05, 0) is 68.5 Å². The summed E-state index contributed by atoms with van der Waals surface area (Å²) < 4.78 is 57.5. The van der Waals surface area contributed by atoms with Crippen molar-refractivity contribution in [3.8, 4) is 0 Å². The van der Waals surface area contributed by atoms with Gasteiger partial charge in [0, 0.05) is 22.7 Å². The molecule has 1 heterocycles. The molecule has 1 aromatic heterocycles. The summed E-state index contributed by atoms with van der Waals surface area (Å²) in [6, 6.07) is -1.07. The molecule has 3 fully saturated rings. The number of halogens is 3. The number of nitrogens with zero attached hydrogens (tertiary/aromatic N) is 1. The lowest BCUT2D eigenvalue weighted by Crippen LogP contribution is -2.70. The topological polar surface area (TPSA) is 107 Å². The molecule has 4 aliphatic rings. The van der Waals surface area contributed by atoms with Gasteiger partial charge in [-0.3, -0.25) is 9.59 Å². The van der Waals surface area contributed by atoms with E-state index in [-0.39, 0.29) is 36.2 Å². The zero-order valence-electron chi connectivity index (χ0n) is 21.5. The molecule has 7 nitrogen and oxygen atoms in total. The summed E-state index contributed by atoms with van der Waals surface area (Å²) in [5.41, 5.74) is -7.26. The van der Waals surface area contributed by atoms with Crippen molar-refractivity contribution in [2.24, 2.45) is 28.6 Å². The normalized spacial score (nSPS) is 43.6. The molecule has 0 saturated heterocycles. The number of aliphatic hydroxyl groups is 1. The highest BCUT2D eigenvalue weighted by Crippen LogP contribution is 2.72. The van der Waals surface area contributed by atoms with Gasteiger partial charge in [0.05, 0.1) is 12.3 Å². The van der Waals surface area contributed by atoms with Crippen molar-refractivity contribution in [1.29, 1.82) is 0 Å². The van der Waals surface area contributed by atoms with Crippen LogP contribution in [0.2, 0.25) is 0 Å². The summed E-state index contributed by atoms with van der Waals surface area (Å²) in [4.78, 5) is 39.0. The summed E-state index contributed by atoms with van der Waals surface area (Å²) in [6.45, 7) is 6.28. The Bertz CT molecular complexity index is 1270. The minimum Gasteiger partial charge on any atom is -0.445 e. The van der Waals surface area contributed by atoms with Gasteiger partial charge in [0.25, 0.3) is 0 Å². The van der Waals surface area contributed by atoms with Gasteiger partial charge in [-0.1, -0.05) is 25.1 Å². The maximum Gasteiger partial charge on any atom is 0.344 e. The third-order valence-electron chi connectivity index (χ3n) is 9.88. The summed E-state index contributed by atoms with van der Waals surface area (Å²) in [5, 5.41) is 14.4. The van der Waals surface area contributed by atoms with E-state index in [0.717, 1.165) is 12.3 Å². The molecule has 5 unspecified atom stereocenters. The molecule has 0 spiro atoms. The average molecular weight is 554 g/mol. The number of aliphatic hydroxyl groups excluding tert-OH is 1. The number of carbonyl (C=O) groups excluding carboxylic acids is 3. The van der Waals surface area contributed by atoms with E-state index in [1.165, 1.54) is 26.0 Å².